The lowest BCUT2D eigenvalue weighted by Crippen LogP contribution is -2.54. The lowest BCUT2D eigenvalue weighted by atomic mass is 9.82. The maximum absolute atomic E-state index is 13.3. The van der Waals surface area contributed by atoms with Crippen molar-refractivity contribution >= 4 is 23.6 Å². The molecule has 2 fully saturated rings. The second-order valence-electron chi connectivity index (χ2n) is 8.19. The van der Waals surface area contributed by atoms with Gasteiger partial charge in [-0.1, -0.05) is 32.6 Å². The van der Waals surface area contributed by atoms with E-state index in [0.29, 0.717) is 23.5 Å². The molecule has 0 spiro atoms. The molecule has 0 aromatic heterocycles. The third kappa shape index (κ3) is 2.99. The molecule has 3 atom stereocenters. The van der Waals surface area contributed by atoms with Gasteiger partial charge in [0.15, 0.2) is 0 Å². The molecule has 1 aromatic rings. The fourth-order valence-electron chi connectivity index (χ4n) is 5.13. The lowest BCUT2D eigenvalue weighted by Gasteiger charge is -2.39. The molecule has 1 saturated heterocycles. The molecular formula is C21H25N3O4. The summed E-state index contributed by atoms with van der Waals surface area (Å²) in [5.74, 6) is -0.881. The van der Waals surface area contributed by atoms with Gasteiger partial charge in [0.25, 0.3) is 5.91 Å². The van der Waals surface area contributed by atoms with E-state index >= 15 is 0 Å². The largest absolute Gasteiger partial charge is 0.366 e. The first-order chi connectivity index (χ1) is 13.4. The maximum Gasteiger partial charge on any atom is 0.255 e. The quantitative estimate of drug-likeness (QED) is 0.774. The predicted molar refractivity (Wildman–Crippen MR) is 101 cm³/mol. The summed E-state index contributed by atoms with van der Waals surface area (Å²) in [6, 6.07) is 3.93. The Morgan fingerprint density at radius 1 is 1.18 bits per heavy atom. The number of benzene rings is 1. The number of carbonyl (C=O) groups is 4. The van der Waals surface area contributed by atoms with E-state index in [2.05, 4.69) is 12.2 Å². The maximum atomic E-state index is 13.3. The van der Waals surface area contributed by atoms with Crippen LogP contribution in [-0.4, -0.2) is 34.6 Å². The van der Waals surface area contributed by atoms with Gasteiger partial charge in [0, 0.05) is 17.5 Å². The van der Waals surface area contributed by atoms with Gasteiger partial charge >= 0.3 is 0 Å². The van der Waals surface area contributed by atoms with Crippen LogP contribution in [0.25, 0.3) is 0 Å². The zero-order chi connectivity index (χ0) is 20.0. The first kappa shape index (κ1) is 18.7. The van der Waals surface area contributed by atoms with E-state index in [4.69, 9.17) is 5.73 Å². The topological polar surface area (TPSA) is 110 Å². The smallest absolute Gasteiger partial charge is 0.255 e. The molecule has 4 amide bonds. The number of nitrogens with zero attached hydrogens (tertiary/aromatic N) is 1. The van der Waals surface area contributed by atoms with Gasteiger partial charge in [-0.25, -0.2) is 0 Å². The summed E-state index contributed by atoms with van der Waals surface area (Å²) >= 11 is 0. The van der Waals surface area contributed by atoms with Crippen molar-refractivity contribution in [2.24, 2.45) is 17.6 Å². The Labute approximate surface area is 163 Å². The number of hydrogen-bond acceptors (Lipinski definition) is 4. The minimum atomic E-state index is -0.677. The Hall–Kier alpha value is -2.70. The highest BCUT2D eigenvalue weighted by molar-refractivity contribution is 6.06. The van der Waals surface area contributed by atoms with Crippen molar-refractivity contribution in [2.75, 3.05) is 0 Å². The van der Waals surface area contributed by atoms with Gasteiger partial charge < -0.3 is 10.6 Å². The third-order valence-electron chi connectivity index (χ3n) is 6.61. The van der Waals surface area contributed by atoms with Gasteiger partial charge in [-0.05, 0) is 42.0 Å². The molecule has 148 valence electrons. The number of imide groups is 1. The standard InChI is InChI=1S/C21H25N3O4/c1-11(12-4-2-3-5-12)18-15-10-13(19(22)26)6-7-14(15)21(28)24(18)16-8-9-17(25)23-20(16)27/h6-7,10-12,16,18H,2-5,8-9H2,1H3,(H2,22,26)(H,23,25,27)/t11-,16?,18?/m1/s1. The molecule has 1 aromatic carbocycles. The second kappa shape index (κ2) is 7.04. The van der Waals surface area contributed by atoms with Crippen molar-refractivity contribution in [1.82, 2.24) is 10.2 Å². The van der Waals surface area contributed by atoms with Crippen LogP contribution in [0.4, 0.5) is 0 Å². The third-order valence-corrected chi connectivity index (χ3v) is 6.61. The second-order valence-corrected chi connectivity index (χ2v) is 8.19. The van der Waals surface area contributed by atoms with Gasteiger partial charge in [-0.3, -0.25) is 24.5 Å². The van der Waals surface area contributed by atoms with Crippen molar-refractivity contribution in [2.45, 2.75) is 57.5 Å². The molecule has 2 aliphatic heterocycles. The number of amides is 4. The molecule has 3 aliphatic rings. The van der Waals surface area contributed by atoms with Gasteiger partial charge in [0.1, 0.15) is 6.04 Å². The summed E-state index contributed by atoms with van der Waals surface area (Å²) in [5, 5.41) is 2.37. The van der Waals surface area contributed by atoms with Crippen molar-refractivity contribution in [1.29, 1.82) is 0 Å². The first-order valence-electron chi connectivity index (χ1n) is 9.98. The fraction of sp³-hybridized carbons (Fsp3) is 0.524. The summed E-state index contributed by atoms with van der Waals surface area (Å²) in [6.07, 6.45) is 5.07. The highest BCUT2D eigenvalue weighted by Crippen LogP contribution is 2.47. The monoisotopic (exact) mass is 383 g/mol. The minimum absolute atomic E-state index is 0.140. The van der Waals surface area contributed by atoms with Crippen LogP contribution >= 0.6 is 0 Å². The van der Waals surface area contributed by atoms with Crippen LogP contribution in [0.1, 0.15) is 77.8 Å². The number of nitrogens with two attached hydrogens (primary N) is 1. The van der Waals surface area contributed by atoms with E-state index in [-0.39, 0.29) is 30.2 Å². The lowest BCUT2D eigenvalue weighted by molar-refractivity contribution is -0.137. The molecule has 7 heteroatoms. The highest BCUT2D eigenvalue weighted by atomic mass is 16.2. The molecule has 4 rings (SSSR count). The van der Waals surface area contributed by atoms with E-state index < -0.39 is 17.9 Å². The van der Waals surface area contributed by atoms with Crippen LogP contribution in [0.3, 0.4) is 0 Å². The summed E-state index contributed by atoms with van der Waals surface area (Å²) in [7, 11) is 0. The zero-order valence-corrected chi connectivity index (χ0v) is 15.9. The Bertz CT molecular complexity index is 859. The molecule has 0 radical (unpaired) electrons. The first-order valence-corrected chi connectivity index (χ1v) is 9.98. The summed E-state index contributed by atoms with van der Waals surface area (Å²) in [4.78, 5) is 50.8. The Morgan fingerprint density at radius 2 is 1.89 bits per heavy atom. The molecular weight excluding hydrogens is 358 g/mol. The average Bonchev–Trinajstić information content (AvgIpc) is 3.28. The molecule has 0 bridgehead atoms. The van der Waals surface area contributed by atoms with Crippen LogP contribution < -0.4 is 11.1 Å². The van der Waals surface area contributed by atoms with Gasteiger partial charge in [0.2, 0.25) is 17.7 Å². The zero-order valence-electron chi connectivity index (χ0n) is 15.9. The minimum Gasteiger partial charge on any atom is -0.366 e. The van der Waals surface area contributed by atoms with E-state index in [1.54, 1.807) is 23.1 Å². The number of fused-ring (bicyclic) bond motifs is 1. The van der Waals surface area contributed by atoms with Crippen molar-refractivity contribution in [3.05, 3.63) is 34.9 Å². The van der Waals surface area contributed by atoms with Gasteiger partial charge in [0.05, 0.1) is 6.04 Å². The Kier molecular flexibility index (Phi) is 4.69. The summed E-state index contributed by atoms with van der Waals surface area (Å²) in [5.41, 5.74) is 7.11. The van der Waals surface area contributed by atoms with Crippen molar-refractivity contribution in [3.63, 3.8) is 0 Å². The summed E-state index contributed by atoms with van der Waals surface area (Å²) < 4.78 is 0. The normalized spacial score (nSPS) is 26.3. The van der Waals surface area contributed by atoms with E-state index in [0.717, 1.165) is 18.4 Å². The number of hydrogen-bond donors (Lipinski definition) is 2. The van der Waals surface area contributed by atoms with E-state index in [1.165, 1.54) is 12.8 Å². The highest BCUT2D eigenvalue weighted by Gasteiger charge is 2.48. The van der Waals surface area contributed by atoms with Gasteiger partial charge in [-0.15, -0.1) is 0 Å². The number of primary amides is 1. The number of piperidine rings is 1. The van der Waals surface area contributed by atoms with Gasteiger partial charge in [-0.2, -0.15) is 0 Å². The fourth-order valence-corrected chi connectivity index (χ4v) is 5.13. The molecule has 7 nitrogen and oxygen atoms in total. The molecule has 1 saturated carbocycles. The van der Waals surface area contributed by atoms with Crippen LogP contribution in [0.2, 0.25) is 0 Å². The van der Waals surface area contributed by atoms with Crippen LogP contribution in [0.15, 0.2) is 18.2 Å². The van der Waals surface area contributed by atoms with Crippen LogP contribution in [0, 0.1) is 11.8 Å². The van der Waals surface area contributed by atoms with Crippen LogP contribution in [-0.2, 0) is 9.59 Å². The molecule has 2 unspecified atom stereocenters. The number of carbonyl (C=O) groups excluding carboxylic acids is 4. The molecule has 2 heterocycles. The van der Waals surface area contributed by atoms with E-state index in [1.807, 2.05) is 0 Å². The average molecular weight is 383 g/mol. The SMILES string of the molecule is C[C@H](C1CCCC1)C1c2cc(C(N)=O)ccc2C(=O)N1C1CCC(=O)NC1=O. The van der Waals surface area contributed by atoms with Crippen molar-refractivity contribution < 1.29 is 19.2 Å². The Balaban J connectivity index is 1.77. The predicted octanol–water partition coefficient (Wildman–Crippen LogP) is 1.91. The molecule has 1 aliphatic carbocycles. The summed E-state index contributed by atoms with van der Waals surface area (Å²) in [6.45, 7) is 2.12. The Morgan fingerprint density at radius 3 is 2.54 bits per heavy atom. The molecule has 28 heavy (non-hydrogen) atoms. The van der Waals surface area contributed by atoms with E-state index in [9.17, 15) is 19.2 Å². The van der Waals surface area contributed by atoms with Crippen molar-refractivity contribution in [3.8, 4) is 0 Å². The number of rotatable bonds is 4. The van der Waals surface area contributed by atoms with Crippen LogP contribution in [0.5, 0.6) is 0 Å². The molecule has 3 N–H and O–H groups in total. The number of nitrogens with one attached hydrogen (secondary N) is 1.